The lowest BCUT2D eigenvalue weighted by molar-refractivity contribution is -0.156. The summed E-state index contributed by atoms with van der Waals surface area (Å²) in [6.45, 7) is 2.08. The van der Waals surface area contributed by atoms with Gasteiger partial charge in [-0.25, -0.2) is 9.18 Å². The van der Waals surface area contributed by atoms with Gasteiger partial charge in [-0.15, -0.1) is 0 Å². The molecule has 9 heteroatoms. The summed E-state index contributed by atoms with van der Waals surface area (Å²) in [6, 6.07) is 17.6. The molecule has 0 fully saturated rings. The number of hydrogen-bond acceptors (Lipinski definition) is 5. The van der Waals surface area contributed by atoms with Crippen molar-refractivity contribution < 1.29 is 37.8 Å². The van der Waals surface area contributed by atoms with Gasteiger partial charge in [-0.1, -0.05) is 67.6 Å². The second-order valence-electron chi connectivity index (χ2n) is 7.54. The van der Waals surface area contributed by atoms with Gasteiger partial charge >= 0.3 is 19.5 Å². The Morgan fingerprint density at radius 3 is 1.74 bits per heavy atom. The second kappa shape index (κ2) is 10.7. The Hall–Kier alpha value is -2.54. The first kappa shape index (κ1) is 24.7. The molecule has 0 aromatic heterocycles. The topological polar surface area (TPSA) is 110 Å². The third kappa shape index (κ3) is 6.72. The van der Waals surface area contributed by atoms with E-state index in [4.69, 9.17) is 14.2 Å². The van der Waals surface area contributed by atoms with Gasteiger partial charge in [-0.05, 0) is 18.1 Å². The Morgan fingerprint density at radius 1 is 0.968 bits per heavy atom. The van der Waals surface area contributed by atoms with Crippen LogP contribution in [0.5, 0.6) is 0 Å². The standard InChI is InChI=1S/C22H26FO7P/c1-16(19(23)20(24)25)22(2,21(26)27)15-31(28,29-13-17-9-5-3-6-10-17)30-14-18-11-7-4-8-12-18/h3-12,16,19H,13-15H2,1-2H3,(H,24,25)(H,26,27)/t16?,19-,22-/m1/s1. The fourth-order valence-corrected chi connectivity index (χ4v) is 5.14. The molecule has 2 aromatic rings. The zero-order valence-corrected chi connectivity index (χ0v) is 18.2. The van der Waals surface area contributed by atoms with Gasteiger partial charge in [0, 0.05) is 5.92 Å². The number of carbonyl (C=O) groups is 2. The van der Waals surface area contributed by atoms with E-state index in [0.29, 0.717) is 11.1 Å². The highest BCUT2D eigenvalue weighted by molar-refractivity contribution is 7.53. The smallest absolute Gasteiger partial charge is 0.338 e. The lowest BCUT2D eigenvalue weighted by Crippen LogP contribution is -2.44. The number of aliphatic carboxylic acids is 2. The maximum atomic E-state index is 14.2. The fourth-order valence-electron chi connectivity index (χ4n) is 2.97. The summed E-state index contributed by atoms with van der Waals surface area (Å²) < 4.78 is 39.0. The van der Waals surface area contributed by atoms with Gasteiger partial charge in [0.05, 0.1) is 24.8 Å². The molecule has 7 nitrogen and oxygen atoms in total. The third-order valence-electron chi connectivity index (χ3n) is 5.23. The van der Waals surface area contributed by atoms with E-state index in [9.17, 15) is 23.7 Å². The van der Waals surface area contributed by atoms with Crippen molar-refractivity contribution in [2.24, 2.45) is 11.3 Å². The Labute approximate surface area is 180 Å². The van der Waals surface area contributed by atoms with E-state index in [-0.39, 0.29) is 13.2 Å². The summed E-state index contributed by atoms with van der Waals surface area (Å²) in [7, 11) is -4.09. The minimum absolute atomic E-state index is 0.116. The summed E-state index contributed by atoms with van der Waals surface area (Å²) >= 11 is 0. The zero-order chi connectivity index (χ0) is 23.1. The van der Waals surface area contributed by atoms with Crippen molar-refractivity contribution >= 4 is 19.5 Å². The number of halogens is 1. The fraction of sp³-hybridized carbons (Fsp3) is 0.364. The van der Waals surface area contributed by atoms with Gasteiger partial charge in [0.15, 0.2) is 0 Å². The number of benzene rings is 2. The largest absolute Gasteiger partial charge is 0.481 e. The third-order valence-corrected chi connectivity index (χ3v) is 7.32. The first-order valence-corrected chi connectivity index (χ1v) is 11.4. The lowest BCUT2D eigenvalue weighted by atomic mass is 9.77. The molecule has 0 bridgehead atoms. The minimum atomic E-state index is -4.09. The van der Waals surface area contributed by atoms with E-state index >= 15 is 0 Å². The van der Waals surface area contributed by atoms with Crippen LogP contribution in [0.15, 0.2) is 60.7 Å². The predicted molar refractivity (Wildman–Crippen MR) is 112 cm³/mol. The van der Waals surface area contributed by atoms with Crippen LogP contribution >= 0.6 is 7.60 Å². The minimum Gasteiger partial charge on any atom is -0.481 e. The number of alkyl halides is 1. The highest BCUT2D eigenvalue weighted by atomic mass is 31.2. The lowest BCUT2D eigenvalue weighted by Gasteiger charge is -2.34. The van der Waals surface area contributed by atoms with E-state index in [1.54, 1.807) is 60.7 Å². The summed E-state index contributed by atoms with van der Waals surface area (Å²) in [5.41, 5.74) is -0.643. The maximum Gasteiger partial charge on any atom is 0.338 e. The molecule has 2 aromatic carbocycles. The van der Waals surface area contributed by atoms with E-state index in [1.807, 2.05) is 0 Å². The predicted octanol–water partition coefficient (Wildman–Crippen LogP) is 4.76. The SMILES string of the molecule is CC([C@@H](F)C(=O)O)[C@@](C)(CP(=O)(OCc1ccccc1)OCc1ccccc1)C(=O)O. The summed E-state index contributed by atoms with van der Waals surface area (Å²) in [4.78, 5) is 23.1. The van der Waals surface area contributed by atoms with Gasteiger partial charge < -0.3 is 19.3 Å². The molecule has 0 aliphatic heterocycles. The molecule has 0 heterocycles. The molecule has 0 amide bonds. The van der Waals surface area contributed by atoms with E-state index < -0.39 is 43.2 Å². The van der Waals surface area contributed by atoms with Crippen LogP contribution in [0.2, 0.25) is 0 Å². The van der Waals surface area contributed by atoms with Crippen LogP contribution in [0.25, 0.3) is 0 Å². The van der Waals surface area contributed by atoms with Crippen LogP contribution < -0.4 is 0 Å². The average Bonchev–Trinajstić information content (AvgIpc) is 2.76. The van der Waals surface area contributed by atoms with Gasteiger partial charge in [-0.2, -0.15) is 0 Å². The van der Waals surface area contributed by atoms with Gasteiger partial charge in [0.2, 0.25) is 6.17 Å². The Bertz CT molecular complexity index is 874. The van der Waals surface area contributed by atoms with Crippen molar-refractivity contribution in [3.8, 4) is 0 Å². The van der Waals surface area contributed by atoms with Crippen LogP contribution in [-0.2, 0) is 36.4 Å². The molecule has 168 valence electrons. The van der Waals surface area contributed by atoms with E-state index in [1.165, 1.54) is 0 Å². The molecule has 2 N–H and O–H groups in total. The molecular formula is C22H26FO7P. The van der Waals surface area contributed by atoms with Crippen LogP contribution in [0.4, 0.5) is 4.39 Å². The van der Waals surface area contributed by atoms with Gasteiger partial charge in [0.1, 0.15) is 0 Å². The Kier molecular flexibility index (Phi) is 8.51. The van der Waals surface area contributed by atoms with Gasteiger partial charge in [0.25, 0.3) is 0 Å². The first-order valence-electron chi connectivity index (χ1n) is 9.64. The molecule has 0 saturated heterocycles. The highest BCUT2D eigenvalue weighted by Gasteiger charge is 2.50. The molecule has 2 rings (SSSR count). The quantitative estimate of drug-likeness (QED) is 0.447. The number of carboxylic acids is 2. The molecule has 0 aliphatic carbocycles. The highest BCUT2D eigenvalue weighted by Crippen LogP contribution is 2.56. The Morgan fingerprint density at radius 2 is 1.39 bits per heavy atom. The van der Waals surface area contributed by atoms with Crippen LogP contribution in [0, 0.1) is 11.3 Å². The first-order chi connectivity index (χ1) is 14.6. The molecule has 3 atom stereocenters. The van der Waals surface area contributed by atoms with E-state index in [0.717, 1.165) is 13.8 Å². The monoisotopic (exact) mass is 452 g/mol. The molecule has 0 aliphatic rings. The molecule has 0 radical (unpaired) electrons. The molecule has 0 spiro atoms. The number of rotatable bonds is 12. The molecule has 1 unspecified atom stereocenters. The zero-order valence-electron chi connectivity index (χ0n) is 17.3. The van der Waals surface area contributed by atoms with Crippen molar-refractivity contribution in [2.45, 2.75) is 33.2 Å². The maximum absolute atomic E-state index is 14.2. The van der Waals surface area contributed by atoms with Crippen molar-refractivity contribution in [1.82, 2.24) is 0 Å². The summed E-state index contributed by atoms with van der Waals surface area (Å²) in [6.07, 6.45) is -3.15. The van der Waals surface area contributed by atoms with Crippen molar-refractivity contribution in [1.29, 1.82) is 0 Å². The van der Waals surface area contributed by atoms with Crippen molar-refractivity contribution in [3.05, 3.63) is 71.8 Å². The summed E-state index contributed by atoms with van der Waals surface area (Å²) in [5, 5.41) is 18.8. The van der Waals surface area contributed by atoms with Crippen LogP contribution in [0.3, 0.4) is 0 Å². The second-order valence-corrected chi connectivity index (χ2v) is 9.59. The molecular weight excluding hydrogens is 426 g/mol. The number of carboxylic acid groups (broad SMARTS) is 2. The Balaban J connectivity index is 2.30. The van der Waals surface area contributed by atoms with Gasteiger partial charge in [-0.3, -0.25) is 9.36 Å². The molecule has 31 heavy (non-hydrogen) atoms. The molecule has 0 saturated carbocycles. The normalized spacial score (nSPS) is 15.6. The average molecular weight is 452 g/mol. The van der Waals surface area contributed by atoms with Crippen molar-refractivity contribution in [3.63, 3.8) is 0 Å². The van der Waals surface area contributed by atoms with Crippen molar-refractivity contribution in [2.75, 3.05) is 6.16 Å². The number of hydrogen-bond donors (Lipinski definition) is 2. The van der Waals surface area contributed by atoms with Crippen LogP contribution in [0.1, 0.15) is 25.0 Å². The van der Waals surface area contributed by atoms with E-state index in [2.05, 4.69) is 0 Å². The van der Waals surface area contributed by atoms with Crippen LogP contribution in [-0.4, -0.2) is 34.5 Å². The summed E-state index contributed by atoms with van der Waals surface area (Å²) in [5.74, 6) is -4.77.